The van der Waals surface area contributed by atoms with E-state index in [9.17, 15) is 14.4 Å². The van der Waals surface area contributed by atoms with Gasteiger partial charge in [-0.25, -0.2) is 4.98 Å². The van der Waals surface area contributed by atoms with Gasteiger partial charge < -0.3 is 4.57 Å². The maximum absolute atomic E-state index is 12.9. The molecule has 0 saturated carbocycles. The molecule has 1 aliphatic heterocycles. The number of Topliss-reactive ketones (excluding diaryl/α,β-unsaturated/α-hetero) is 1. The lowest BCUT2D eigenvalue weighted by atomic mass is 9.85. The van der Waals surface area contributed by atoms with E-state index in [2.05, 4.69) is 4.98 Å². The molecule has 0 N–H and O–H groups in total. The van der Waals surface area contributed by atoms with Crippen LogP contribution in [-0.2, 0) is 9.59 Å². The highest BCUT2D eigenvalue weighted by atomic mass is 16.2. The van der Waals surface area contributed by atoms with Gasteiger partial charge in [-0.1, -0.05) is 18.2 Å². The van der Waals surface area contributed by atoms with Crippen LogP contribution in [0, 0.1) is 25.7 Å². The molecule has 2 aliphatic rings. The van der Waals surface area contributed by atoms with E-state index in [0.29, 0.717) is 18.4 Å². The first-order valence-corrected chi connectivity index (χ1v) is 9.13. The van der Waals surface area contributed by atoms with Gasteiger partial charge in [0.2, 0.25) is 11.8 Å². The Kier molecular flexibility index (Phi) is 4.26. The Labute approximate surface area is 157 Å². The summed E-state index contributed by atoms with van der Waals surface area (Å²) in [6.45, 7) is 3.56. The molecule has 1 fully saturated rings. The molecule has 2 amide bonds. The van der Waals surface area contributed by atoms with E-state index >= 15 is 0 Å². The van der Waals surface area contributed by atoms with Crippen molar-refractivity contribution in [2.75, 3.05) is 6.54 Å². The lowest BCUT2D eigenvalue weighted by Gasteiger charge is -2.14. The number of hydrogen-bond donors (Lipinski definition) is 0. The Hall–Kier alpha value is -3.02. The second kappa shape index (κ2) is 6.61. The summed E-state index contributed by atoms with van der Waals surface area (Å²) < 4.78 is 1.91. The van der Waals surface area contributed by atoms with Crippen LogP contribution in [0.2, 0.25) is 0 Å². The first-order chi connectivity index (χ1) is 13.0. The smallest absolute Gasteiger partial charge is 0.233 e. The molecule has 3 heterocycles. The minimum atomic E-state index is -0.309. The number of carbonyl (C=O) groups excluding carboxylic acids is 3. The average Bonchev–Trinajstić information content (AvgIpc) is 3.11. The van der Waals surface area contributed by atoms with Gasteiger partial charge >= 0.3 is 0 Å². The van der Waals surface area contributed by atoms with Crippen molar-refractivity contribution in [3.8, 4) is 5.82 Å². The zero-order valence-electron chi connectivity index (χ0n) is 15.4. The van der Waals surface area contributed by atoms with Gasteiger partial charge in [0.25, 0.3) is 0 Å². The van der Waals surface area contributed by atoms with E-state index in [1.54, 1.807) is 12.3 Å². The summed E-state index contributed by atoms with van der Waals surface area (Å²) in [6.07, 6.45) is 6.74. The predicted molar refractivity (Wildman–Crippen MR) is 99.4 cm³/mol. The second-order valence-electron chi connectivity index (χ2n) is 7.15. The SMILES string of the molecule is Cc1cc(C(=O)CN2C(=O)[C@H]3CC=CC[C@@H]3C2=O)c(C)n1-c1ccccn1. The Morgan fingerprint density at radius 3 is 2.37 bits per heavy atom. The minimum absolute atomic E-state index is 0.197. The van der Waals surface area contributed by atoms with Crippen LogP contribution >= 0.6 is 0 Å². The number of fused-ring (bicyclic) bond motifs is 1. The maximum Gasteiger partial charge on any atom is 0.233 e. The molecule has 1 aliphatic carbocycles. The number of aryl methyl sites for hydroxylation is 1. The molecule has 2 atom stereocenters. The van der Waals surface area contributed by atoms with Crippen LogP contribution < -0.4 is 0 Å². The van der Waals surface area contributed by atoms with Crippen molar-refractivity contribution in [2.45, 2.75) is 26.7 Å². The first-order valence-electron chi connectivity index (χ1n) is 9.13. The van der Waals surface area contributed by atoms with Crippen molar-refractivity contribution in [3.63, 3.8) is 0 Å². The van der Waals surface area contributed by atoms with E-state index in [4.69, 9.17) is 0 Å². The number of pyridine rings is 1. The van der Waals surface area contributed by atoms with Gasteiger partial charge in [-0.3, -0.25) is 19.3 Å². The molecule has 2 aromatic heterocycles. The number of carbonyl (C=O) groups is 3. The van der Waals surface area contributed by atoms with Gasteiger partial charge in [-0.05, 0) is 44.9 Å². The molecule has 0 radical (unpaired) electrons. The molecule has 27 heavy (non-hydrogen) atoms. The van der Waals surface area contributed by atoms with Crippen LogP contribution in [0.3, 0.4) is 0 Å². The summed E-state index contributed by atoms with van der Waals surface area (Å²) in [6, 6.07) is 7.40. The van der Waals surface area contributed by atoms with Gasteiger partial charge in [-0.2, -0.15) is 0 Å². The summed E-state index contributed by atoms with van der Waals surface area (Å²) in [4.78, 5) is 43.6. The highest BCUT2D eigenvalue weighted by Gasteiger charge is 2.47. The van der Waals surface area contributed by atoms with E-state index in [1.807, 2.05) is 48.8 Å². The van der Waals surface area contributed by atoms with Crippen molar-refractivity contribution in [1.82, 2.24) is 14.5 Å². The summed E-state index contributed by atoms with van der Waals surface area (Å²) in [5, 5.41) is 0. The second-order valence-corrected chi connectivity index (χ2v) is 7.15. The zero-order valence-corrected chi connectivity index (χ0v) is 15.4. The van der Waals surface area contributed by atoms with Crippen molar-refractivity contribution in [1.29, 1.82) is 0 Å². The molecule has 0 spiro atoms. The number of imide groups is 1. The van der Waals surface area contributed by atoms with E-state index in [0.717, 1.165) is 22.1 Å². The Morgan fingerprint density at radius 1 is 1.11 bits per heavy atom. The van der Waals surface area contributed by atoms with Crippen molar-refractivity contribution < 1.29 is 14.4 Å². The van der Waals surface area contributed by atoms with Crippen molar-refractivity contribution in [3.05, 3.63) is 59.6 Å². The molecule has 0 aromatic carbocycles. The van der Waals surface area contributed by atoms with Crippen molar-refractivity contribution in [2.24, 2.45) is 11.8 Å². The van der Waals surface area contributed by atoms with Crippen LogP contribution in [0.4, 0.5) is 0 Å². The fourth-order valence-corrected chi connectivity index (χ4v) is 4.14. The number of hydrogen-bond acceptors (Lipinski definition) is 4. The fourth-order valence-electron chi connectivity index (χ4n) is 4.14. The van der Waals surface area contributed by atoms with Crippen molar-refractivity contribution >= 4 is 17.6 Å². The Balaban J connectivity index is 1.60. The molecule has 1 saturated heterocycles. The van der Waals surface area contributed by atoms with Gasteiger partial charge in [0.15, 0.2) is 5.78 Å². The van der Waals surface area contributed by atoms with Crippen LogP contribution in [0.15, 0.2) is 42.6 Å². The highest BCUT2D eigenvalue weighted by molar-refractivity contribution is 6.10. The summed E-state index contributed by atoms with van der Waals surface area (Å²) in [5.74, 6) is -0.550. The lowest BCUT2D eigenvalue weighted by molar-refractivity contribution is -0.139. The number of aromatic nitrogens is 2. The molecule has 0 bridgehead atoms. The number of nitrogens with zero attached hydrogens (tertiary/aromatic N) is 3. The van der Waals surface area contributed by atoms with Crippen LogP contribution in [0.25, 0.3) is 5.82 Å². The Morgan fingerprint density at radius 2 is 1.78 bits per heavy atom. The molecular weight excluding hydrogens is 342 g/mol. The molecule has 4 rings (SSSR count). The third-order valence-corrected chi connectivity index (χ3v) is 5.51. The lowest BCUT2D eigenvalue weighted by Crippen LogP contribution is -2.36. The standard InChI is InChI=1S/C21H21N3O3/c1-13-11-17(14(2)24(13)19-9-5-6-10-22-19)18(25)12-23-20(26)15-7-3-4-8-16(15)21(23)27/h3-6,9-11,15-16H,7-8,12H2,1-2H3/t15-,16-/m0/s1. The van der Waals surface area contributed by atoms with E-state index in [1.165, 1.54) is 0 Å². The molecule has 0 unspecified atom stereocenters. The van der Waals surface area contributed by atoms with Gasteiger partial charge in [-0.15, -0.1) is 0 Å². The third-order valence-electron chi connectivity index (χ3n) is 5.51. The van der Waals surface area contributed by atoms with E-state index in [-0.39, 0.29) is 36.0 Å². The minimum Gasteiger partial charge on any atom is -0.302 e. The number of rotatable bonds is 4. The largest absolute Gasteiger partial charge is 0.302 e. The summed E-state index contributed by atoms with van der Waals surface area (Å²) >= 11 is 0. The first kappa shape index (κ1) is 17.4. The zero-order chi connectivity index (χ0) is 19.1. The van der Waals surface area contributed by atoms with Crippen LogP contribution in [0.1, 0.15) is 34.6 Å². The summed E-state index contributed by atoms with van der Waals surface area (Å²) in [7, 11) is 0. The summed E-state index contributed by atoms with van der Waals surface area (Å²) in [5.41, 5.74) is 2.16. The van der Waals surface area contributed by atoms with Gasteiger partial charge in [0, 0.05) is 23.1 Å². The maximum atomic E-state index is 12.9. The topological polar surface area (TPSA) is 72.3 Å². The van der Waals surface area contributed by atoms with Crippen LogP contribution in [-0.4, -0.2) is 38.6 Å². The average molecular weight is 363 g/mol. The molecule has 138 valence electrons. The van der Waals surface area contributed by atoms with E-state index < -0.39 is 0 Å². The number of ketones is 1. The van der Waals surface area contributed by atoms with Gasteiger partial charge in [0.1, 0.15) is 5.82 Å². The van der Waals surface area contributed by atoms with Crippen LogP contribution in [0.5, 0.6) is 0 Å². The molecule has 6 nitrogen and oxygen atoms in total. The predicted octanol–water partition coefficient (Wildman–Crippen LogP) is 2.62. The normalized spacial score (nSPS) is 21.6. The molecule has 6 heteroatoms. The number of likely N-dealkylation sites (tertiary alicyclic amines) is 1. The quantitative estimate of drug-likeness (QED) is 0.476. The molecule has 2 aromatic rings. The van der Waals surface area contributed by atoms with Gasteiger partial charge in [0.05, 0.1) is 18.4 Å². The number of amides is 2. The monoisotopic (exact) mass is 363 g/mol. The highest BCUT2D eigenvalue weighted by Crippen LogP contribution is 2.35. The third kappa shape index (κ3) is 2.81. The number of allylic oxidation sites excluding steroid dienone is 2. The molecular formula is C21H21N3O3. The Bertz CT molecular complexity index is 933. The fraction of sp³-hybridized carbons (Fsp3) is 0.333.